The van der Waals surface area contributed by atoms with Gasteiger partial charge in [0, 0.05) is 136 Å². The zero-order valence-electron chi connectivity index (χ0n) is 44.0. The molecule has 0 atom stereocenters. The Kier molecular flexibility index (Phi) is 19.1. The molecule has 2 saturated carbocycles. The normalized spacial score (nSPS) is 16.9. The molecule has 0 radical (unpaired) electrons. The number of carbonyl (C=O) groups is 2. The van der Waals surface area contributed by atoms with Crippen molar-refractivity contribution in [3.8, 4) is 0 Å². The van der Waals surface area contributed by atoms with Crippen molar-refractivity contribution >= 4 is 79.3 Å². The van der Waals surface area contributed by atoms with E-state index in [2.05, 4.69) is 82.6 Å². The van der Waals surface area contributed by atoms with Crippen LogP contribution in [0.2, 0.25) is 0 Å². The molecule has 12 rings (SSSR count). The van der Waals surface area contributed by atoms with Gasteiger partial charge in [-0.25, -0.2) is 19.9 Å². The summed E-state index contributed by atoms with van der Waals surface area (Å²) >= 11 is 0. The van der Waals surface area contributed by atoms with Crippen LogP contribution in [0.15, 0.2) is 86.0 Å². The Morgan fingerprint density at radius 3 is 1.40 bits per heavy atom. The van der Waals surface area contributed by atoms with Gasteiger partial charge in [0.1, 0.15) is 22.9 Å². The Balaban J connectivity index is 0.000000196. The number of rotatable bonds is 15. The Morgan fingerprint density at radius 2 is 1.00 bits per heavy atom. The average Bonchev–Trinajstić information content (AvgIpc) is 4.30. The molecule has 8 aromatic rings. The summed E-state index contributed by atoms with van der Waals surface area (Å²) in [6, 6.07) is 13.1. The van der Waals surface area contributed by atoms with Crippen molar-refractivity contribution in [3.05, 3.63) is 97.1 Å². The number of hydrogen-bond donors (Lipinski definition) is 3. The SMILES string of the molecule is CCOC(=O)CN1CCN(Cc2ccc(Nc3ncc4c5ccncc5n(C5CCCC5)c4n3)nc2)CC1.O.O=C(O)CN1CCN(Cc2ccc(Nc3ncc4c5ccncc5n(C5CCCC5)c4n3)nc2)CC1.[Li+].[OH-]. The van der Waals surface area contributed by atoms with E-state index in [1.165, 1.54) is 38.5 Å². The van der Waals surface area contributed by atoms with Crippen molar-refractivity contribution in [2.45, 2.75) is 83.5 Å². The van der Waals surface area contributed by atoms with E-state index in [9.17, 15) is 9.59 Å². The Labute approximate surface area is 458 Å². The standard InChI is InChI=1S/C28H34N8O2.C26H30N8O2.Li.2H2O/c1-2-38-26(37)19-35-13-11-34(12-14-35)18-20-7-8-25(30-15-20)32-28-31-16-23-22-9-10-29-17-24(22)36(27(23)33-28)21-5-3-4-6-21;35-24(36)17-33-11-9-32(10-12-33)16-18-5-6-23(28-13-18)30-26-29-14-21-20-7-8-27-15-22(20)34(25(21)31-26)19-3-1-2-4-19;;;/h7-10,15-17,21H,2-6,11-14,18-19H2,1H3,(H,30,31,32,33);5-8,13-15,19H,1-4,9-12,16-17H2,(H,35,36)(H,28,29,30,31);;2*1H2/q;;+1;;/p-1. The first-order chi connectivity index (χ1) is 36.3. The van der Waals surface area contributed by atoms with Crippen LogP contribution in [0.25, 0.3) is 43.9 Å². The van der Waals surface area contributed by atoms with Gasteiger partial charge in [-0.15, -0.1) is 0 Å². The molecule has 0 spiro atoms. The van der Waals surface area contributed by atoms with Crippen LogP contribution >= 0.6 is 0 Å². The number of carbonyl (C=O) groups excluding carboxylic acids is 1. The molecule has 4 aliphatic rings. The summed E-state index contributed by atoms with van der Waals surface area (Å²) in [6.07, 6.45) is 24.8. The van der Waals surface area contributed by atoms with Crippen LogP contribution in [0.4, 0.5) is 23.5 Å². The van der Waals surface area contributed by atoms with Crippen LogP contribution in [-0.2, 0) is 27.4 Å². The largest absolute Gasteiger partial charge is 1.00 e. The van der Waals surface area contributed by atoms with E-state index in [1.807, 2.05) is 79.6 Å². The molecule has 22 nitrogen and oxygen atoms in total. The van der Waals surface area contributed by atoms with Crippen molar-refractivity contribution in [2.24, 2.45) is 0 Å². The maximum Gasteiger partial charge on any atom is 1.00 e. The maximum atomic E-state index is 11.7. The molecule has 2 saturated heterocycles. The fourth-order valence-corrected chi connectivity index (χ4v) is 11.2. The summed E-state index contributed by atoms with van der Waals surface area (Å²) in [5.74, 6) is 1.59. The molecule has 6 N–H and O–H groups in total. The van der Waals surface area contributed by atoms with Crippen LogP contribution in [-0.4, -0.2) is 169 Å². The van der Waals surface area contributed by atoms with Gasteiger partial charge in [-0.05, 0) is 68.0 Å². The minimum absolute atomic E-state index is 0. The molecule has 400 valence electrons. The van der Waals surface area contributed by atoms with Gasteiger partial charge >= 0.3 is 30.8 Å². The van der Waals surface area contributed by atoms with Gasteiger partial charge in [0.25, 0.3) is 0 Å². The van der Waals surface area contributed by atoms with Gasteiger partial charge in [-0.2, -0.15) is 9.97 Å². The number of esters is 1. The molecule has 0 unspecified atom stereocenters. The van der Waals surface area contributed by atoms with Crippen LogP contribution in [0.3, 0.4) is 0 Å². The number of nitrogens with zero attached hydrogens (tertiary/aromatic N) is 14. The maximum absolute atomic E-state index is 11.7. The number of nitrogens with one attached hydrogen (secondary N) is 2. The molecule has 0 aromatic carbocycles. The summed E-state index contributed by atoms with van der Waals surface area (Å²) in [5.41, 5.74) is 6.43. The Hall–Kier alpha value is -6.74. The van der Waals surface area contributed by atoms with Gasteiger partial charge in [-0.3, -0.25) is 39.2 Å². The number of aromatic nitrogens is 10. The number of anilines is 4. The summed E-state index contributed by atoms with van der Waals surface area (Å²) in [5, 5.41) is 19.9. The van der Waals surface area contributed by atoms with Crippen molar-refractivity contribution in [1.29, 1.82) is 0 Å². The number of ether oxygens (including phenoxy) is 1. The Bertz CT molecular complexity index is 3220. The number of carboxylic acids is 1. The summed E-state index contributed by atoms with van der Waals surface area (Å²) in [7, 11) is 0. The number of carboxylic acid groups (broad SMARTS) is 1. The Morgan fingerprint density at radius 1 is 0.571 bits per heavy atom. The third-order valence-electron chi connectivity index (χ3n) is 15.0. The minimum Gasteiger partial charge on any atom is -0.870 e. The summed E-state index contributed by atoms with van der Waals surface area (Å²) in [4.78, 5) is 68.5. The minimum atomic E-state index is -0.768. The molecule has 0 amide bonds. The topological polar surface area (TPSA) is 275 Å². The van der Waals surface area contributed by atoms with Crippen LogP contribution in [0.5, 0.6) is 0 Å². The number of fused-ring (bicyclic) bond motifs is 6. The molecule has 2 aliphatic carbocycles. The van der Waals surface area contributed by atoms with E-state index in [-0.39, 0.29) is 42.3 Å². The number of piperazine rings is 2. The number of pyridine rings is 4. The second-order valence-corrected chi connectivity index (χ2v) is 19.9. The first kappa shape index (κ1) is 56.5. The molecule has 4 fully saturated rings. The van der Waals surface area contributed by atoms with E-state index in [4.69, 9.17) is 19.8 Å². The fourth-order valence-electron chi connectivity index (χ4n) is 11.2. The molecule has 23 heteroatoms. The quantitative estimate of drug-likeness (QED) is 0.0981. The first-order valence-electron chi connectivity index (χ1n) is 26.2. The van der Waals surface area contributed by atoms with E-state index in [0.717, 1.165) is 139 Å². The molecular formula is C54H67LiN16O6. The smallest absolute Gasteiger partial charge is 0.870 e. The van der Waals surface area contributed by atoms with Gasteiger partial charge in [0.2, 0.25) is 11.9 Å². The van der Waals surface area contributed by atoms with Crippen molar-refractivity contribution in [1.82, 2.24) is 68.6 Å². The molecule has 10 heterocycles. The van der Waals surface area contributed by atoms with Crippen molar-refractivity contribution < 1.29 is 49.2 Å². The predicted molar refractivity (Wildman–Crippen MR) is 289 cm³/mol. The zero-order chi connectivity index (χ0) is 50.4. The first-order valence-corrected chi connectivity index (χ1v) is 26.2. The molecule has 0 bridgehead atoms. The third-order valence-corrected chi connectivity index (χ3v) is 15.0. The summed E-state index contributed by atoms with van der Waals surface area (Å²) < 4.78 is 9.78. The van der Waals surface area contributed by atoms with Gasteiger partial charge in [-0.1, -0.05) is 37.8 Å². The fraction of sp³-hybridized carbons (Fsp3) is 0.444. The average molecular weight is 1040 g/mol. The van der Waals surface area contributed by atoms with Gasteiger partial charge in [0.05, 0.1) is 43.1 Å². The zero-order valence-corrected chi connectivity index (χ0v) is 44.0. The van der Waals surface area contributed by atoms with E-state index < -0.39 is 5.97 Å². The van der Waals surface area contributed by atoms with Crippen molar-refractivity contribution in [3.63, 3.8) is 0 Å². The third kappa shape index (κ3) is 13.2. The van der Waals surface area contributed by atoms with Crippen LogP contribution in [0.1, 0.15) is 81.5 Å². The monoisotopic (exact) mass is 1040 g/mol. The van der Waals surface area contributed by atoms with Crippen LogP contribution < -0.4 is 29.5 Å². The van der Waals surface area contributed by atoms with Gasteiger partial charge < -0.3 is 40.6 Å². The molecule has 2 aliphatic heterocycles. The second kappa shape index (κ2) is 26.1. The summed E-state index contributed by atoms with van der Waals surface area (Å²) in [6.45, 7) is 11.2. The van der Waals surface area contributed by atoms with E-state index in [0.29, 0.717) is 42.9 Å². The predicted octanol–water partition coefficient (Wildman–Crippen LogP) is 3.35. The van der Waals surface area contributed by atoms with E-state index in [1.54, 1.807) is 0 Å². The number of aliphatic carboxylic acids is 1. The molecule has 77 heavy (non-hydrogen) atoms. The second-order valence-electron chi connectivity index (χ2n) is 19.9. The molecule has 8 aromatic heterocycles. The molecular weight excluding hydrogens is 976 g/mol. The van der Waals surface area contributed by atoms with E-state index >= 15 is 0 Å². The van der Waals surface area contributed by atoms with Crippen LogP contribution in [0, 0.1) is 0 Å². The van der Waals surface area contributed by atoms with Crippen molar-refractivity contribution in [2.75, 3.05) is 82.7 Å². The number of hydrogen-bond acceptors (Lipinski definition) is 18. The van der Waals surface area contributed by atoms with Gasteiger partial charge in [0.15, 0.2) is 0 Å².